The number of nitrogens with zero attached hydrogens (tertiary/aromatic N) is 1. The second-order valence-corrected chi connectivity index (χ2v) is 6.64. The van der Waals surface area contributed by atoms with Crippen LogP contribution >= 0.6 is 23.2 Å². The fourth-order valence-corrected chi connectivity index (χ4v) is 3.18. The van der Waals surface area contributed by atoms with Gasteiger partial charge in [-0.2, -0.15) is 0 Å². The van der Waals surface area contributed by atoms with Gasteiger partial charge in [0, 0.05) is 13.1 Å². The van der Waals surface area contributed by atoms with Crippen LogP contribution in [0.25, 0.3) is 0 Å². The summed E-state index contributed by atoms with van der Waals surface area (Å²) in [5.74, 6) is 1.37. The van der Waals surface area contributed by atoms with Gasteiger partial charge in [0.15, 0.2) is 0 Å². The van der Waals surface area contributed by atoms with Crippen molar-refractivity contribution in [2.45, 2.75) is 45.6 Å². The largest absolute Gasteiger partial charge is 0.372 e. The Morgan fingerprint density at radius 1 is 1.21 bits per heavy atom. The standard InChI is InChI=1S/C14H21Cl2N3/c1-14(2)7-5-4-6-11(14)18-13-10(16)8-9(15)12(17-3)19-13/h8,11H,4-7H2,1-3H3,(H2,17,18,19). The summed E-state index contributed by atoms with van der Waals surface area (Å²) >= 11 is 12.3. The second kappa shape index (κ2) is 5.76. The van der Waals surface area contributed by atoms with E-state index in [-0.39, 0.29) is 5.41 Å². The molecule has 2 N–H and O–H groups in total. The van der Waals surface area contributed by atoms with Crippen molar-refractivity contribution in [2.24, 2.45) is 5.41 Å². The predicted octanol–water partition coefficient (Wildman–Crippen LogP) is 4.81. The zero-order valence-electron chi connectivity index (χ0n) is 11.7. The average Bonchev–Trinajstić information content (AvgIpc) is 2.34. The summed E-state index contributed by atoms with van der Waals surface area (Å²) < 4.78 is 0. The van der Waals surface area contributed by atoms with Gasteiger partial charge in [-0.3, -0.25) is 0 Å². The summed E-state index contributed by atoms with van der Waals surface area (Å²) in [5, 5.41) is 7.60. The molecule has 5 heteroatoms. The second-order valence-electron chi connectivity index (χ2n) is 5.83. The van der Waals surface area contributed by atoms with Crippen LogP contribution in [0.15, 0.2) is 6.07 Å². The van der Waals surface area contributed by atoms with E-state index in [2.05, 4.69) is 29.5 Å². The quantitative estimate of drug-likeness (QED) is 0.841. The SMILES string of the molecule is CNc1nc(NC2CCCCC2(C)C)c(Cl)cc1Cl. The summed E-state index contributed by atoms with van der Waals surface area (Å²) in [7, 11) is 1.80. The van der Waals surface area contributed by atoms with Crippen LogP contribution in [-0.4, -0.2) is 18.1 Å². The maximum Gasteiger partial charge on any atom is 0.147 e. The van der Waals surface area contributed by atoms with Crippen molar-refractivity contribution in [3.63, 3.8) is 0 Å². The molecule has 0 aromatic carbocycles. The van der Waals surface area contributed by atoms with Crippen molar-refractivity contribution in [3.8, 4) is 0 Å². The van der Waals surface area contributed by atoms with E-state index in [0.29, 0.717) is 21.9 Å². The molecule has 1 aliphatic carbocycles. The molecule has 0 spiro atoms. The van der Waals surface area contributed by atoms with Crippen LogP contribution in [0.4, 0.5) is 11.6 Å². The van der Waals surface area contributed by atoms with Crippen LogP contribution in [0.3, 0.4) is 0 Å². The van der Waals surface area contributed by atoms with Crippen molar-refractivity contribution in [1.29, 1.82) is 0 Å². The molecule has 19 heavy (non-hydrogen) atoms. The molecule has 1 aromatic rings. The Kier molecular flexibility index (Phi) is 4.46. The van der Waals surface area contributed by atoms with Gasteiger partial charge in [-0.05, 0) is 24.3 Å². The molecule has 1 aromatic heterocycles. The minimum absolute atomic E-state index is 0.267. The van der Waals surface area contributed by atoms with E-state index in [1.165, 1.54) is 19.3 Å². The molecule has 1 unspecified atom stereocenters. The van der Waals surface area contributed by atoms with E-state index in [1.54, 1.807) is 13.1 Å². The number of hydrogen-bond donors (Lipinski definition) is 2. The van der Waals surface area contributed by atoms with Crippen molar-refractivity contribution in [3.05, 3.63) is 16.1 Å². The normalized spacial score (nSPS) is 22.1. The Labute approximate surface area is 125 Å². The van der Waals surface area contributed by atoms with Gasteiger partial charge in [0.2, 0.25) is 0 Å². The lowest BCUT2D eigenvalue weighted by atomic mass is 9.73. The molecule has 1 aliphatic rings. The first-order valence-electron chi connectivity index (χ1n) is 6.74. The average molecular weight is 302 g/mol. The van der Waals surface area contributed by atoms with Crippen molar-refractivity contribution in [2.75, 3.05) is 17.7 Å². The molecule has 106 valence electrons. The third kappa shape index (κ3) is 3.26. The van der Waals surface area contributed by atoms with Gasteiger partial charge < -0.3 is 10.6 Å². The monoisotopic (exact) mass is 301 g/mol. The maximum absolute atomic E-state index is 6.23. The topological polar surface area (TPSA) is 37.0 Å². The highest BCUT2D eigenvalue weighted by atomic mass is 35.5. The smallest absolute Gasteiger partial charge is 0.147 e. The van der Waals surface area contributed by atoms with Gasteiger partial charge >= 0.3 is 0 Å². The molecule has 0 bridgehead atoms. The van der Waals surface area contributed by atoms with Crippen molar-refractivity contribution < 1.29 is 0 Å². The Bertz CT molecular complexity index is 460. The minimum Gasteiger partial charge on any atom is -0.372 e. The number of aromatic nitrogens is 1. The Morgan fingerprint density at radius 2 is 1.89 bits per heavy atom. The fraction of sp³-hybridized carbons (Fsp3) is 0.643. The lowest BCUT2D eigenvalue weighted by molar-refractivity contribution is 0.216. The molecule has 0 aliphatic heterocycles. The Hall–Kier alpha value is -0.670. The number of nitrogens with one attached hydrogen (secondary N) is 2. The lowest BCUT2D eigenvalue weighted by Gasteiger charge is -2.39. The van der Waals surface area contributed by atoms with E-state index in [1.807, 2.05) is 0 Å². The number of halogens is 2. The van der Waals surface area contributed by atoms with Gasteiger partial charge in [0.1, 0.15) is 11.6 Å². The summed E-state index contributed by atoms with van der Waals surface area (Å²) in [6.07, 6.45) is 4.94. The van der Waals surface area contributed by atoms with E-state index in [0.717, 1.165) is 12.2 Å². The number of pyridine rings is 1. The Morgan fingerprint density at radius 3 is 2.53 bits per heavy atom. The molecule has 1 saturated carbocycles. The van der Waals surface area contributed by atoms with Gasteiger partial charge in [-0.1, -0.05) is 49.9 Å². The van der Waals surface area contributed by atoms with Crippen molar-refractivity contribution in [1.82, 2.24) is 4.98 Å². The first-order valence-corrected chi connectivity index (χ1v) is 7.50. The molecule has 1 atom stereocenters. The molecule has 2 rings (SSSR count). The molecule has 0 amide bonds. The summed E-state index contributed by atoms with van der Waals surface area (Å²) in [5.41, 5.74) is 0.267. The van der Waals surface area contributed by atoms with Crippen LogP contribution in [0.1, 0.15) is 39.5 Å². The molecule has 0 saturated heterocycles. The van der Waals surface area contributed by atoms with E-state index in [9.17, 15) is 0 Å². The van der Waals surface area contributed by atoms with Crippen LogP contribution in [0.2, 0.25) is 10.0 Å². The van der Waals surface area contributed by atoms with Crippen LogP contribution < -0.4 is 10.6 Å². The molecule has 0 radical (unpaired) electrons. The fourth-order valence-electron chi connectivity index (χ4n) is 2.67. The highest BCUT2D eigenvalue weighted by molar-refractivity contribution is 6.37. The van der Waals surface area contributed by atoms with E-state index >= 15 is 0 Å². The molecule has 1 fully saturated rings. The van der Waals surface area contributed by atoms with Gasteiger partial charge in [-0.25, -0.2) is 4.98 Å². The first kappa shape index (κ1) is 14.7. The molecular weight excluding hydrogens is 281 g/mol. The Balaban J connectivity index is 2.23. The molecule has 1 heterocycles. The van der Waals surface area contributed by atoms with Crippen molar-refractivity contribution >= 4 is 34.8 Å². The van der Waals surface area contributed by atoms with Crippen LogP contribution in [0.5, 0.6) is 0 Å². The minimum atomic E-state index is 0.267. The van der Waals surface area contributed by atoms with E-state index in [4.69, 9.17) is 23.2 Å². The van der Waals surface area contributed by atoms with Gasteiger partial charge in [-0.15, -0.1) is 0 Å². The van der Waals surface area contributed by atoms with E-state index < -0.39 is 0 Å². The highest BCUT2D eigenvalue weighted by Gasteiger charge is 2.32. The zero-order valence-corrected chi connectivity index (χ0v) is 13.2. The van der Waals surface area contributed by atoms with Crippen LogP contribution in [0, 0.1) is 5.41 Å². The zero-order chi connectivity index (χ0) is 14.0. The molecule has 3 nitrogen and oxygen atoms in total. The first-order chi connectivity index (χ1) is 8.94. The lowest BCUT2D eigenvalue weighted by Crippen LogP contribution is -2.39. The third-order valence-electron chi connectivity index (χ3n) is 3.98. The van der Waals surface area contributed by atoms with Gasteiger partial charge in [0.25, 0.3) is 0 Å². The number of hydrogen-bond acceptors (Lipinski definition) is 3. The summed E-state index contributed by atoms with van der Waals surface area (Å²) in [4.78, 5) is 4.46. The summed E-state index contributed by atoms with van der Waals surface area (Å²) in [6.45, 7) is 4.60. The maximum atomic E-state index is 6.23. The third-order valence-corrected chi connectivity index (χ3v) is 4.56. The van der Waals surface area contributed by atoms with Crippen LogP contribution in [-0.2, 0) is 0 Å². The predicted molar refractivity (Wildman–Crippen MR) is 83.5 cm³/mol. The van der Waals surface area contributed by atoms with Gasteiger partial charge in [0.05, 0.1) is 10.0 Å². The highest BCUT2D eigenvalue weighted by Crippen LogP contribution is 2.38. The summed E-state index contributed by atoms with van der Waals surface area (Å²) in [6, 6.07) is 2.14. The molecular formula is C14H21Cl2N3. The number of rotatable bonds is 3. The number of anilines is 2.